The normalized spacial score (nSPS) is 8.25. The predicted octanol–water partition coefficient (Wildman–Crippen LogP) is -3.07. The first-order valence-electron chi connectivity index (χ1n) is 2.91. The molecular weight excluding hydrogens is 124 g/mol. The molecular formula is C5H15ClN2. The Balaban J connectivity index is 0. The zero-order valence-corrected chi connectivity index (χ0v) is 6.17. The highest BCUT2D eigenvalue weighted by atomic mass is 35.5. The third kappa shape index (κ3) is 9.51. The van der Waals surface area contributed by atoms with E-state index >= 15 is 0 Å². The first kappa shape index (κ1) is 11.1. The van der Waals surface area contributed by atoms with Crippen molar-refractivity contribution in [2.75, 3.05) is 6.54 Å². The minimum absolute atomic E-state index is 0. The smallest absolute Gasteiger partial charge is 0.0443 e. The molecule has 0 bridgehead atoms. The first-order valence-corrected chi connectivity index (χ1v) is 2.91. The lowest BCUT2D eigenvalue weighted by Gasteiger charge is -1.90. The second kappa shape index (κ2) is 10.2. The van der Waals surface area contributed by atoms with Crippen LogP contribution in [-0.2, 0) is 0 Å². The monoisotopic (exact) mass is 138 g/mol. The highest BCUT2D eigenvalue weighted by Gasteiger charge is 1.80. The summed E-state index contributed by atoms with van der Waals surface area (Å²) < 4.78 is 0. The molecule has 52 valence electrons. The van der Waals surface area contributed by atoms with E-state index in [1.807, 2.05) is 0 Å². The Hall–Kier alpha value is 0.210. The first-order chi connectivity index (χ1) is 3.41. The van der Waals surface area contributed by atoms with Gasteiger partial charge >= 0.3 is 0 Å². The molecule has 3 heteroatoms. The van der Waals surface area contributed by atoms with Gasteiger partial charge in [-0.2, -0.15) is 5.43 Å². The molecule has 0 radical (unpaired) electrons. The molecule has 4 N–H and O–H groups in total. The van der Waals surface area contributed by atoms with Crippen LogP contribution in [0.2, 0.25) is 0 Å². The zero-order valence-electron chi connectivity index (χ0n) is 5.41. The van der Waals surface area contributed by atoms with Crippen LogP contribution in [0.15, 0.2) is 0 Å². The molecule has 0 aromatic rings. The van der Waals surface area contributed by atoms with Crippen LogP contribution in [0.5, 0.6) is 0 Å². The summed E-state index contributed by atoms with van der Waals surface area (Å²) in [5.41, 5.74) is 2.85. The molecule has 0 aromatic heterocycles. The number of hydrogen-bond donors (Lipinski definition) is 2. The quantitative estimate of drug-likeness (QED) is 0.314. The van der Waals surface area contributed by atoms with Crippen molar-refractivity contribution in [2.24, 2.45) is 0 Å². The van der Waals surface area contributed by atoms with E-state index in [0.29, 0.717) is 0 Å². The van der Waals surface area contributed by atoms with Crippen molar-refractivity contribution in [1.29, 1.82) is 0 Å². The highest BCUT2D eigenvalue weighted by Crippen LogP contribution is 1.89. The minimum Gasteiger partial charge on any atom is -1.00 e. The Kier molecular flexibility index (Phi) is 14.2. The van der Waals surface area contributed by atoms with Gasteiger partial charge in [-0.1, -0.05) is 19.8 Å². The summed E-state index contributed by atoms with van der Waals surface area (Å²) >= 11 is 0. The van der Waals surface area contributed by atoms with E-state index in [1.54, 1.807) is 0 Å². The van der Waals surface area contributed by atoms with Crippen molar-refractivity contribution in [3.8, 4) is 0 Å². The minimum atomic E-state index is 0. The lowest BCUT2D eigenvalue weighted by atomic mass is 10.3. The van der Waals surface area contributed by atoms with Crippen LogP contribution in [0.1, 0.15) is 26.2 Å². The van der Waals surface area contributed by atoms with Gasteiger partial charge in [-0.3, -0.25) is 5.84 Å². The summed E-state index contributed by atoms with van der Waals surface area (Å²) in [6.45, 7) is 3.26. The van der Waals surface area contributed by atoms with E-state index in [1.165, 1.54) is 19.3 Å². The van der Waals surface area contributed by atoms with Gasteiger partial charge in [0, 0.05) is 6.54 Å². The van der Waals surface area contributed by atoms with E-state index < -0.39 is 0 Å². The van der Waals surface area contributed by atoms with Gasteiger partial charge in [0.1, 0.15) is 0 Å². The molecule has 0 rings (SSSR count). The Morgan fingerprint density at radius 3 is 2.38 bits per heavy atom. The number of halogens is 1. The van der Waals surface area contributed by atoms with E-state index in [2.05, 4.69) is 18.2 Å². The Labute approximate surface area is 57.2 Å². The molecule has 0 aromatic carbocycles. The molecule has 0 saturated heterocycles. The van der Waals surface area contributed by atoms with Crippen LogP contribution in [0.4, 0.5) is 0 Å². The summed E-state index contributed by atoms with van der Waals surface area (Å²) in [5.74, 6) is 3.51. The Bertz CT molecular complexity index is 29.6. The van der Waals surface area contributed by atoms with Gasteiger partial charge in [-0.25, -0.2) is 0 Å². The summed E-state index contributed by atoms with van der Waals surface area (Å²) in [5, 5.41) is 0. The predicted molar refractivity (Wildman–Crippen MR) is 30.4 cm³/mol. The fourth-order valence-corrected chi connectivity index (χ4v) is 0.500. The van der Waals surface area contributed by atoms with Crippen LogP contribution in [0.3, 0.4) is 0 Å². The lowest BCUT2D eigenvalue weighted by Crippen LogP contribution is -3.00. The highest BCUT2D eigenvalue weighted by molar-refractivity contribution is 4.35. The molecule has 0 heterocycles. The van der Waals surface area contributed by atoms with Crippen molar-refractivity contribution in [2.45, 2.75) is 26.2 Å². The molecule has 0 fully saturated rings. The lowest BCUT2D eigenvalue weighted by molar-refractivity contribution is -0.442. The van der Waals surface area contributed by atoms with Crippen LogP contribution in [0.25, 0.3) is 0 Å². The molecule has 8 heavy (non-hydrogen) atoms. The zero-order chi connectivity index (χ0) is 5.54. The third-order valence-corrected chi connectivity index (χ3v) is 0.957. The summed E-state index contributed by atoms with van der Waals surface area (Å²) in [6.07, 6.45) is 3.88. The van der Waals surface area contributed by atoms with Crippen molar-refractivity contribution in [1.82, 2.24) is 5.43 Å². The third-order valence-electron chi connectivity index (χ3n) is 0.957. The number of nitrogens with one attached hydrogen (secondary N) is 1. The van der Waals surface area contributed by atoms with Gasteiger partial charge in [0.2, 0.25) is 0 Å². The van der Waals surface area contributed by atoms with Crippen molar-refractivity contribution >= 4 is 0 Å². The molecule has 0 aliphatic heterocycles. The standard InChI is InChI=1S/C5H14N2.ClH/c1-2-3-4-5-7-6;/h7H,2-6H2,1H3;1H. The molecule has 2 nitrogen and oxygen atoms in total. The number of unbranched alkanes of at least 4 members (excludes halogenated alkanes) is 2. The van der Waals surface area contributed by atoms with E-state index in [0.717, 1.165) is 6.54 Å². The molecule has 0 saturated carbocycles. The van der Waals surface area contributed by atoms with Crippen LogP contribution in [-0.4, -0.2) is 6.54 Å². The van der Waals surface area contributed by atoms with Gasteiger partial charge in [0.15, 0.2) is 0 Å². The van der Waals surface area contributed by atoms with E-state index in [-0.39, 0.29) is 12.4 Å². The molecule has 0 amide bonds. The number of hydrogen-bond acceptors (Lipinski definition) is 1. The number of quaternary nitrogens is 1. The van der Waals surface area contributed by atoms with Crippen molar-refractivity contribution in [3.63, 3.8) is 0 Å². The maximum absolute atomic E-state index is 3.51. The average Bonchev–Trinajstić information content (AvgIpc) is 1.69. The molecule has 0 aliphatic carbocycles. The Morgan fingerprint density at radius 2 is 2.00 bits per heavy atom. The number of rotatable bonds is 4. The Morgan fingerprint density at radius 1 is 1.38 bits per heavy atom. The van der Waals surface area contributed by atoms with Crippen molar-refractivity contribution in [3.05, 3.63) is 0 Å². The van der Waals surface area contributed by atoms with E-state index in [4.69, 9.17) is 0 Å². The van der Waals surface area contributed by atoms with E-state index in [9.17, 15) is 0 Å². The summed E-state index contributed by atoms with van der Waals surface area (Å²) in [6, 6.07) is 0. The fourth-order valence-electron chi connectivity index (χ4n) is 0.500. The molecule has 0 unspecified atom stereocenters. The van der Waals surface area contributed by atoms with Gasteiger partial charge in [-0.15, -0.1) is 0 Å². The SMILES string of the molecule is CCCCCN[NH3+].[Cl-]. The molecule has 0 spiro atoms. The molecule has 0 aliphatic rings. The summed E-state index contributed by atoms with van der Waals surface area (Å²) in [4.78, 5) is 0. The van der Waals surface area contributed by atoms with Gasteiger partial charge in [0.25, 0.3) is 0 Å². The topological polar surface area (TPSA) is 39.7 Å². The second-order valence-electron chi connectivity index (χ2n) is 1.71. The van der Waals surface area contributed by atoms with Crippen LogP contribution >= 0.6 is 0 Å². The maximum Gasteiger partial charge on any atom is 0.0443 e. The van der Waals surface area contributed by atoms with Crippen molar-refractivity contribution < 1.29 is 18.2 Å². The largest absolute Gasteiger partial charge is 1.00 e. The van der Waals surface area contributed by atoms with Gasteiger partial charge in [-0.05, 0) is 6.42 Å². The average molecular weight is 139 g/mol. The summed E-state index contributed by atoms with van der Waals surface area (Å²) in [7, 11) is 0. The van der Waals surface area contributed by atoms with Crippen LogP contribution < -0.4 is 23.7 Å². The second-order valence-corrected chi connectivity index (χ2v) is 1.71. The van der Waals surface area contributed by atoms with Crippen LogP contribution in [0, 0.1) is 0 Å². The maximum atomic E-state index is 3.51. The van der Waals surface area contributed by atoms with Gasteiger partial charge < -0.3 is 12.4 Å². The van der Waals surface area contributed by atoms with Gasteiger partial charge in [0.05, 0.1) is 0 Å². The fraction of sp³-hybridized carbons (Fsp3) is 1.00. The molecule has 0 atom stereocenters.